The molecule has 0 radical (unpaired) electrons. The van der Waals surface area contributed by atoms with Crippen LogP contribution in [0.3, 0.4) is 0 Å². The number of amidine groups is 1. The molecule has 0 saturated carbocycles. The number of rotatable bonds is 20. The van der Waals surface area contributed by atoms with Crippen molar-refractivity contribution >= 4 is 5.84 Å². The largest absolute Gasteiger partial charge is 0.357 e. The van der Waals surface area contributed by atoms with Gasteiger partial charge in [-0.15, -0.1) is 0 Å². The Morgan fingerprint density at radius 3 is 2.14 bits per heavy atom. The van der Waals surface area contributed by atoms with Crippen LogP contribution in [0.4, 0.5) is 0 Å². The molecule has 0 spiro atoms. The van der Waals surface area contributed by atoms with Gasteiger partial charge in [-0.2, -0.15) is 0 Å². The van der Waals surface area contributed by atoms with Crippen LogP contribution in [0.15, 0.2) is 17.1 Å². The Balaban J connectivity index is 1.85. The van der Waals surface area contributed by atoms with Gasteiger partial charge in [0.1, 0.15) is 0 Å². The first-order valence-electron chi connectivity index (χ1n) is 12.7. The van der Waals surface area contributed by atoms with Crippen molar-refractivity contribution in [1.29, 1.82) is 0 Å². The van der Waals surface area contributed by atoms with Crippen LogP contribution in [-0.4, -0.2) is 43.1 Å². The van der Waals surface area contributed by atoms with Gasteiger partial charge >= 0.3 is 0 Å². The van der Waals surface area contributed by atoms with E-state index in [9.17, 15) is 0 Å². The van der Waals surface area contributed by atoms with Gasteiger partial charge in [-0.1, -0.05) is 76.9 Å². The van der Waals surface area contributed by atoms with E-state index in [0.717, 1.165) is 32.6 Å². The third-order valence-electron chi connectivity index (χ3n) is 5.79. The lowest BCUT2D eigenvalue weighted by atomic mass is 10.1. The quantitative estimate of drug-likeness (QED) is 0.148. The van der Waals surface area contributed by atoms with Gasteiger partial charge in [0.2, 0.25) is 0 Å². The van der Waals surface area contributed by atoms with E-state index in [-0.39, 0.29) is 6.17 Å². The Bertz CT molecular complexity index is 417. The van der Waals surface area contributed by atoms with Crippen LogP contribution in [0.5, 0.6) is 0 Å². The van der Waals surface area contributed by atoms with E-state index < -0.39 is 0 Å². The predicted octanol–water partition coefficient (Wildman–Crippen LogP) is 6.02. The maximum absolute atomic E-state index is 5.75. The molecule has 0 fully saturated rings. The van der Waals surface area contributed by atoms with Crippen molar-refractivity contribution in [1.82, 2.24) is 10.2 Å². The average molecular weight is 407 g/mol. The number of unbranched alkanes of at least 4 members (excludes halogenated alkanes) is 12. The summed E-state index contributed by atoms with van der Waals surface area (Å²) in [4.78, 5) is 7.14. The van der Waals surface area contributed by atoms with E-state index in [1.807, 2.05) is 6.92 Å². The zero-order valence-corrected chi connectivity index (χ0v) is 19.6. The van der Waals surface area contributed by atoms with Gasteiger partial charge in [0.25, 0.3) is 0 Å². The molecule has 3 N–H and O–H groups in total. The fourth-order valence-electron chi connectivity index (χ4n) is 3.96. The number of nitrogens with two attached hydrogens (primary N) is 1. The lowest BCUT2D eigenvalue weighted by molar-refractivity contribution is 0.419. The van der Waals surface area contributed by atoms with Crippen LogP contribution < -0.4 is 11.1 Å². The monoisotopic (exact) mass is 406 g/mol. The number of hydrogen-bond acceptors (Lipinski definition) is 4. The topological polar surface area (TPSA) is 53.6 Å². The number of hydrogen-bond donors (Lipinski definition) is 2. The Kier molecular flexibility index (Phi) is 17.2. The standard InChI is InChI=1S/C25H50N4/c1-3-4-5-6-7-8-9-10-11-12-13-14-15-16-17-18-19-25-28-21-23-29(25)22-20-27-24(2)26/h10-11,24,27H,3-9,12-23,26H2,1-2H3. The molecule has 170 valence electrons. The van der Waals surface area contributed by atoms with Gasteiger partial charge in [-0.05, 0) is 39.0 Å². The normalized spacial score (nSPS) is 15.4. The number of nitrogens with one attached hydrogen (secondary N) is 1. The highest BCUT2D eigenvalue weighted by Crippen LogP contribution is 2.13. The summed E-state index contributed by atoms with van der Waals surface area (Å²) in [7, 11) is 0. The van der Waals surface area contributed by atoms with Crippen LogP contribution in [0, 0.1) is 0 Å². The molecule has 0 aliphatic carbocycles. The van der Waals surface area contributed by atoms with Crippen LogP contribution in [0.1, 0.15) is 110 Å². The molecule has 0 saturated heterocycles. The third kappa shape index (κ3) is 15.6. The SMILES string of the molecule is CCCCCCCCC=CCCCCCCCCC1=NCCN1CCNC(C)N. The molecular weight excluding hydrogens is 356 g/mol. The summed E-state index contributed by atoms with van der Waals surface area (Å²) in [5, 5.41) is 3.29. The highest BCUT2D eigenvalue weighted by atomic mass is 15.2. The first-order chi connectivity index (χ1) is 14.2. The summed E-state index contributed by atoms with van der Waals surface area (Å²) < 4.78 is 0. The molecular formula is C25H50N4. The third-order valence-corrected chi connectivity index (χ3v) is 5.79. The second-order valence-electron chi connectivity index (χ2n) is 8.72. The van der Waals surface area contributed by atoms with E-state index in [1.165, 1.54) is 95.7 Å². The maximum Gasteiger partial charge on any atom is 0.0990 e. The van der Waals surface area contributed by atoms with Crippen molar-refractivity contribution in [2.24, 2.45) is 10.7 Å². The number of nitrogens with zero attached hydrogens (tertiary/aromatic N) is 2. The molecule has 1 aliphatic rings. The van der Waals surface area contributed by atoms with E-state index in [0.29, 0.717) is 0 Å². The van der Waals surface area contributed by atoms with Crippen LogP contribution in [-0.2, 0) is 0 Å². The van der Waals surface area contributed by atoms with Gasteiger partial charge in [0, 0.05) is 26.1 Å². The molecule has 1 rings (SSSR count). The van der Waals surface area contributed by atoms with Gasteiger partial charge in [0.15, 0.2) is 0 Å². The number of allylic oxidation sites excluding steroid dienone is 2. The molecule has 1 atom stereocenters. The first-order valence-corrected chi connectivity index (χ1v) is 12.7. The predicted molar refractivity (Wildman–Crippen MR) is 130 cm³/mol. The molecule has 29 heavy (non-hydrogen) atoms. The Labute approximate surface area is 181 Å². The second-order valence-corrected chi connectivity index (χ2v) is 8.72. The van der Waals surface area contributed by atoms with Crippen LogP contribution in [0.2, 0.25) is 0 Å². The zero-order chi connectivity index (χ0) is 21.0. The molecule has 0 amide bonds. The van der Waals surface area contributed by atoms with Gasteiger partial charge < -0.3 is 16.0 Å². The molecule has 0 aromatic heterocycles. The van der Waals surface area contributed by atoms with Crippen molar-refractivity contribution in [3.8, 4) is 0 Å². The molecule has 0 bridgehead atoms. The summed E-state index contributed by atoms with van der Waals surface area (Å²) in [6.07, 6.45) is 25.2. The lowest BCUT2D eigenvalue weighted by Gasteiger charge is -2.21. The van der Waals surface area contributed by atoms with Crippen molar-refractivity contribution in [3.63, 3.8) is 0 Å². The summed E-state index contributed by atoms with van der Waals surface area (Å²) in [5.41, 5.74) is 5.75. The lowest BCUT2D eigenvalue weighted by Crippen LogP contribution is -2.41. The van der Waals surface area contributed by atoms with Crippen LogP contribution in [0.25, 0.3) is 0 Å². The molecule has 1 unspecified atom stereocenters. The Morgan fingerprint density at radius 1 is 0.931 bits per heavy atom. The zero-order valence-electron chi connectivity index (χ0n) is 19.6. The minimum atomic E-state index is 0.0776. The molecule has 0 aromatic carbocycles. The average Bonchev–Trinajstić information content (AvgIpc) is 3.14. The van der Waals surface area contributed by atoms with Gasteiger partial charge in [-0.3, -0.25) is 4.99 Å². The Hall–Kier alpha value is -0.870. The number of aliphatic imine (C=N–C) groups is 1. The van der Waals surface area contributed by atoms with Gasteiger partial charge in [-0.25, -0.2) is 0 Å². The first kappa shape index (κ1) is 26.2. The van der Waals surface area contributed by atoms with Crippen LogP contribution >= 0.6 is 0 Å². The summed E-state index contributed by atoms with van der Waals surface area (Å²) in [6, 6.07) is 0. The van der Waals surface area contributed by atoms with Crippen molar-refractivity contribution in [2.75, 3.05) is 26.2 Å². The van der Waals surface area contributed by atoms with Crippen molar-refractivity contribution < 1.29 is 0 Å². The van der Waals surface area contributed by atoms with E-state index >= 15 is 0 Å². The summed E-state index contributed by atoms with van der Waals surface area (Å²) in [6.45, 7) is 8.32. The smallest absolute Gasteiger partial charge is 0.0990 e. The minimum absolute atomic E-state index is 0.0776. The second kappa shape index (κ2) is 19.1. The molecule has 4 nitrogen and oxygen atoms in total. The summed E-state index contributed by atoms with van der Waals surface area (Å²) in [5.74, 6) is 1.33. The molecule has 1 aliphatic heterocycles. The fraction of sp³-hybridized carbons (Fsp3) is 0.880. The minimum Gasteiger partial charge on any atom is -0.357 e. The van der Waals surface area contributed by atoms with Gasteiger partial charge in [0.05, 0.1) is 18.5 Å². The molecule has 4 heteroatoms. The maximum atomic E-state index is 5.75. The summed E-state index contributed by atoms with van der Waals surface area (Å²) >= 11 is 0. The van der Waals surface area contributed by atoms with E-state index in [2.05, 4.69) is 29.3 Å². The van der Waals surface area contributed by atoms with E-state index in [4.69, 9.17) is 10.7 Å². The highest BCUT2D eigenvalue weighted by Gasteiger charge is 2.15. The van der Waals surface area contributed by atoms with Crippen molar-refractivity contribution in [2.45, 2.75) is 116 Å². The van der Waals surface area contributed by atoms with Crippen molar-refractivity contribution in [3.05, 3.63) is 12.2 Å². The molecule has 0 aromatic rings. The van der Waals surface area contributed by atoms with E-state index in [1.54, 1.807) is 0 Å². The Morgan fingerprint density at radius 2 is 1.52 bits per heavy atom. The molecule has 1 heterocycles. The highest BCUT2D eigenvalue weighted by molar-refractivity contribution is 5.83. The fourth-order valence-corrected chi connectivity index (χ4v) is 3.96.